The molecule has 0 aliphatic heterocycles. The number of aryl methyl sites for hydroxylation is 1. The van der Waals surface area contributed by atoms with E-state index in [4.69, 9.17) is 31.2 Å². The lowest BCUT2D eigenvalue weighted by Crippen LogP contribution is -2.33. The van der Waals surface area contributed by atoms with Crippen LogP contribution < -0.4 is 36.2 Å². The topological polar surface area (TPSA) is 244 Å². The van der Waals surface area contributed by atoms with E-state index in [0.29, 0.717) is 64.1 Å². The highest BCUT2D eigenvalue weighted by Gasteiger charge is 2.25. The summed E-state index contributed by atoms with van der Waals surface area (Å²) in [4.78, 5) is 55.4. The molecular weight excluding hydrogens is 1130 g/mol. The standard InChI is InChI=1S/C41H50ClN5O4.C30H38N2O5/c1-2-3-4-5-6-7-8-9-10-14-17-39(51-38-23-19-30(25-35(38)42)29-15-12-11-13-16-29)40(49)45-34-21-22-36(37(48)26-34)47-41(50)46-33-20-18-31(27-43)32(24-33)28-44;1-6-27(33)37-32-25-12-10-11-22-21(25)14-15-23(28(22)34)29(35)31-17-8-9-18-36-26-16-13-20(3)19-24(26)30(4,5)7-2/h18-26,29,39,48H,2-17H2,1H3,(H,45,49)(H2,46,47,50);10-16,19,32,34H,6-9,17-18H2,1-5H3,(H,31,35). The monoisotopic (exact) mass is 1220 g/mol. The summed E-state index contributed by atoms with van der Waals surface area (Å²) in [6.45, 7) is 13.7. The van der Waals surface area contributed by atoms with Crippen LogP contribution in [0.25, 0.3) is 10.8 Å². The predicted molar refractivity (Wildman–Crippen MR) is 351 cm³/mol. The minimum atomic E-state index is -0.798. The Morgan fingerprint density at radius 3 is 2.07 bits per heavy atom. The zero-order valence-corrected chi connectivity index (χ0v) is 52.8. The van der Waals surface area contributed by atoms with E-state index < -0.39 is 18.1 Å². The summed E-state index contributed by atoms with van der Waals surface area (Å²) in [5.41, 5.74) is 8.12. The van der Waals surface area contributed by atoms with E-state index in [0.717, 1.165) is 57.1 Å². The lowest BCUT2D eigenvalue weighted by Gasteiger charge is -2.26. The van der Waals surface area contributed by atoms with Crippen molar-refractivity contribution in [1.29, 1.82) is 10.5 Å². The molecule has 0 aromatic heterocycles. The van der Waals surface area contributed by atoms with Crippen LogP contribution in [0, 0.1) is 29.6 Å². The fraction of sp³-hybridized carbons (Fsp3) is 0.437. The normalized spacial score (nSPS) is 12.5. The van der Waals surface area contributed by atoms with Crippen LogP contribution in [0.4, 0.5) is 27.5 Å². The number of carbonyl (C=O) groups excluding carboxylic acids is 4. The molecular formula is C71H88ClN7O9. The number of anilines is 4. The molecule has 17 heteroatoms. The number of unbranched alkanes of at least 4 members (excludes halogenated alkanes) is 10. The first-order valence-electron chi connectivity index (χ1n) is 31.3. The van der Waals surface area contributed by atoms with Crippen LogP contribution in [0.1, 0.15) is 207 Å². The molecule has 1 saturated carbocycles. The first-order valence-corrected chi connectivity index (χ1v) is 31.7. The van der Waals surface area contributed by atoms with Gasteiger partial charge in [-0.05, 0) is 135 Å². The van der Waals surface area contributed by atoms with Crippen LogP contribution in [0.2, 0.25) is 5.02 Å². The minimum Gasteiger partial charge on any atom is -0.506 e. The number of aromatic hydroxyl groups is 2. The number of halogens is 1. The summed E-state index contributed by atoms with van der Waals surface area (Å²) < 4.78 is 12.4. The molecule has 88 heavy (non-hydrogen) atoms. The van der Waals surface area contributed by atoms with Gasteiger partial charge >= 0.3 is 12.0 Å². The number of carbonyl (C=O) groups is 4. The Bertz CT molecular complexity index is 3380. The van der Waals surface area contributed by atoms with Gasteiger partial charge in [0.15, 0.2) is 6.10 Å². The average molecular weight is 1220 g/mol. The van der Waals surface area contributed by atoms with Gasteiger partial charge in [-0.15, -0.1) is 0 Å². The maximum absolute atomic E-state index is 13.6. The Balaban J connectivity index is 0.000000295. The smallest absolute Gasteiger partial charge is 0.331 e. The third-order valence-corrected chi connectivity index (χ3v) is 16.4. The van der Waals surface area contributed by atoms with Crippen molar-refractivity contribution in [1.82, 2.24) is 5.32 Å². The van der Waals surface area contributed by atoms with E-state index in [-0.39, 0.29) is 57.5 Å². The summed E-state index contributed by atoms with van der Waals surface area (Å²) in [6.07, 6.45) is 20.4. The van der Waals surface area contributed by atoms with E-state index in [1.165, 1.54) is 111 Å². The minimum absolute atomic E-state index is 0.0357. The molecule has 0 radical (unpaired) electrons. The van der Waals surface area contributed by atoms with Gasteiger partial charge in [-0.3, -0.25) is 9.59 Å². The van der Waals surface area contributed by atoms with Crippen LogP contribution >= 0.6 is 11.6 Å². The molecule has 16 nitrogen and oxygen atoms in total. The number of benzene rings is 6. The Hall–Kier alpha value is -8.47. The van der Waals surface area contributed by atoms with Gasteiger partial charge in [0.1, 0.15) is 35.1 Å². The van der Waals surface area contributed by atoms with Crippen LogP contribution in [-0.4, -0.2) is 53.3 Å². The summed E-state index contributed by atoms with van der Waals surface area (Å²) in [5.74, 6) is 0.420. The number of rotatable bonds is 30. The maximum atomic E-state index is 13.6. The van der Waals surface area contributed by atoms with E-state index >= 15 is 0 Å². The SMILES string of the molecule is CCC(=O)ONc1cccc2c(O)c(C(=O)NCCCCOc3ccc(C)cc3C(C)(C)CC)ccc12.CCCCCCCCCCCCC(Oc1ccc(C2CCCCC2)cc1Cl)C(=O)Nc1ccc(NC(=O)Nc2ccc(C#N)c(C#N)c2)c(O)c1. The molecule has 1 unspecified atom stereocenters. The summed E-state index contributed by atoms with van der Waals surface area (Å²) in [5, 5.41) is 52.3. The van der Waals surface area contributed by atoms with Gasteiger partial charge in [-0.1, -0.05) is 165 Å². The first kappa shape index (κ1) is 68.6. The van der Waals surface area contributed by atoms with Gasteiger partial charge in [-0.25, -0.2) is 15.1 Å². The second-order valence-electron chi connectivity index (χ2n) is 23.2. The van der Waals surface area contributed by atoms with E-state index in [2.05, 4.69) is 79.6 Å². The van der Waals surface area contributed by atoms with Crippen molar-refractivity contribution in [2.45, 2.75) is 187 Å². The summed E-state index contributed by atoms with van der Waals surface area (Å²) >= 11 is 6.72. The number of nitrogens with zero attached hydrogens (tertiary/aromatic N) is 2. The fourth-order valence-electron chi connectivity index (χ4n) is 10.5. The van der Waals surface area contributed by atoms with Crippen LogP contribution in [0.15, 0.2) is 103 Å². The molecule has 1 aliphatic rings. The number of amides is 4. The molecule has 0 spiro atoms. The number of nitriles is 2. The van der Waals surface area contributed by atoms with Crippen molar-refractivity contribution in [3.63, 3.8) is 0 Å². The third kappa shape index (κ3) is 20.9. The van der Waals surface area contributed by atoms with Gasteiger partial charge in [0.05, 0.1) is 39.7 Å². The van der Waals surface area contributed by atoms with Crippen molar-refractivity contribution in [3.8, 4) is 35.1 Å². The van der Waals surface area contributed by atoms with Crippen LogP contribution in [0.5, 0.6) is 23.0 Å². The number of fused-ring (bicyclic) bond motifs is 1. The van der Waals surface area contributed by atoms with Gasteiger partial charge < -0.3 is 45.8 Å². The van der Waals surface area contributed by atoms with Gasteiger partial charge in [0.2, 0.25) is 0 Å². The quantitative estimate of drug-likeness (QED) is 0.0127. The molecule has 1 atom stereocenters. The van der Waals surface area contributed by atoms with Crippen molar-refractivity contribution in [2.75, 3.05) is 34.6 Å². The van der Waals surface area contributed by atoms with Gasteiger partial charge in [0.25, 0.3) is 11.8 Å². The molecule has 7 rings (SSSR count). The first-order chi connectivity index (χ1) is 42.5. The van der Waals surface area contributed by atoms with Crippen molar-refractivity contribution < 1.29 is 43.7 Å². The lowest BCUT2D eigenvalue weighted by atomic mass is 9.81. The Kier molecular flexibility index (Phi) is 27.6. The van der Waals surface area contributed by atoms with Crippen LogP contribution in [0.3, 0.4) is 0 Å². The highest BCUT2D eigenvalue weighted by atomic mass is 35.5. The van der Waals surface area contributed by atoms with Crippen molar-refractivity contribution in [3.05, 3.63) is 142 Å². The Morgan fingerprint density at radius 2 is 1.39 bits per heavy atom. The highest BCUT2D eigenvalue weighted by molar-refractivity contribution is 6.32. The lowest BCUT2D eigenvalue weighted by molar-refractivity contribution is -0.140. The van der Waals surface area contributed by atoms with Crippen molar-refractivity contribution >= 4 is 68.9 Å². The second kappa shape index (κ2) is 35.4. The number of ether oxygens (including phenoxy) is 2. The molecule has 0 bridgehead atoms. The van der Waals surface area contributed by atoms with Crippen LogP contribution in [-0.2, 0) is 19.8 Å². The molecule has 7 N–H and O–H groups in total. The largest absolute Gasteiger partial charge is 0.506 e. The fourth-order valence-corrected chi connectivity index (χ4v) is 10.8. The molecule has 4 amide bonds. The zero-order chi connectivity index (χ0) is 63.4. The Morgan fingerprint density at radius 1 is 0.693 bits per heavy atom. The Labute approximate surface area is 524 Å². The molecule has 0 saturated heterocycles. The number of hydrogen-bond donors (Lipinski definition) is 7. The predicted octanol–water partition coefficient (Wildman–Crippen LogP) is 17.6. The maximum Gasteiger partial charge on any atom is 0.331 e. The van der Waals surface area contributed by atoms with Gasteiger partial charge in [0, 0.05) is 41.2 Å². The number of nitrogens with one attached hydrogen (secondary N) is 5. The number of phenolic OH excluding ortho intramolecular Hbond substituents is 2. The highest BCUT2D eigenvalue weighted by Crippen LogP contribution is 2.39. The molecule has 1 fully saturated rings. The number of hydrogen-bond acceptors (Lipinski definition) is 12. The molecule has 1 aliphatic carbocycles. The summed E-state index contributed by atoms with van der Waals surface area (Å²) in [7, 11) is 0. The van der Waals surface area contributed by atoms with E-state index in [1.807, 2.05) is 30.3 Å². The molecule has 468 valence electrons. The van der Waals surface area contributed by atoms with Crippen molar-refractivity contribution in [2.24, 2.45) is 0 Å². The van der Waals surface area contributed by atoms with E-state index in [1.54, 1.807) is 43.3 Å². The van der Waals surface area contributed by atoms with E-state index in [9.17, 15) is 34.7 Å². The number of phenols is 2. The zero-order valence-electron chi connectivity index (χ0n) is 52.1. The molecule has 6 aromatic carbocycles. The average Bonchev–Trinajstić information content (AvgIpc) is 1.68. The van der Waals surface area contributed by atoms with Gasteiger partial charge in [-0.2, -0.15) is 10.5 Å². The second-order valence-corrected chi connectivity index (χ2v) is 23.6. The number of urea groups is 1. The molecule has 6 aromatic rings. The third-order valence-electron chi connectivity index (χ3n) is 16.1. The summed E-state index contributed by atoms with van der Waals surface area (Å²) in [6, 6.07) is 32.6. The molecule has 0 heterocycles.